The van der Waals surface area contributed by atoms with Gasteiger partial charge in [0.2, 0.25) is 10.0 Å². The summed E-state index contributed by atoms with van der Waals surface area (Å²) in [4.78, 5) is 27.7. The van der Waals surface area contributed by atoms with Crippen LogP contribution in [0.3, 0.4) is 0 Å². The first-order chi connectivity index (χ1) is 16.4. The van der Waals surface area contributed by atoms with E-state index in [0.29, 0.717) is 12.2 Å². The van der Waals surface area contributed by atoms with Crippen LogP contribution in [0.1, 0.15) is 5.56 Å². The predicted molar refractivity (Wildman–Crippen MR) is 125 cm³/mol. The Hall–Kier alpha value is -3.41. The van der Waals surface area contributed by atoms with E-state index in [-0.39, 0.29) is 31.1 Å². The number of nitrogens with one attached hydrogen (secondary N) is 3. The lowest BCUT2D eigenvalue weighted by Crippen LogP contribution is -2.47. The second-order valence-corrected chi connectivity index (χ2v) is 9.58. The molecule has 1 aliphatic rings. The molecule has 0 saturated carbocycles. The van der Waals surface area contributed by atoms with Gasteiger partial charge < -0.3 is 25.1 Å². The summed E-state index contributed by atoms with van der Waals surface area (Å²) >= 11 is 0. The Bertz CT molecular complexity index is 1270. The fourth-order valence-corrected chi connectivity index (χ4v) is 5.33. The van der Waals surface area contributed by atoms with Gasteiger partial charge in [0.25, 0.3) is 0 Å². The van der Waals surface area contributed by atoms with E-state index in [2.05, 4.69) is 15.6 Å². The molecule has 0 spiro atoms. The number of ether oxygens (including phenoxy) is 2. The fraction of sp³-hybridized carbons (Fsp3) is 0.304. The number of carbonyl (C=O) groups is 2. The number of amides is 2. The number of fused-ring (bicyclic) bond motifs is 1. The van der Waals surface area contributed by atoms with Crippen molar-refractivity contribution >= 4 is 32.7 Å². The van der Waals surface area contributed by atoms with Crippen molar-refractivity contribution in [1.29, 1.82) is 0 Å². The lowest BCUT2D eigenvalue weighted by molar-refractivity contribution is -0.139. The van der Waals surface area contributed by atoms with Gasteiger partial charge in [-0.1, -0.05) is 18.2 Å². The van der Waals surface area contributed by atoms with Gasteiger partial charge in [-0.2, -0.15) is 4.31 Å². The van der Waals surface area contributed by atoms with Crippen LogP contribution in [0.4, 0.5) is 0 Å². The number of carbonyl (C=O) groups excluding carboxylic acids is 2. The minimum absolute atomic E-state index is 0.0881. The van der Waals surface area contributed by atoms with E-state index in [1.807, 2.05) is 30.5 Å². The van der Waals surface area contributed by atoms with Gasteiger partial charge in [0, 0.05) is 30.2 Å². The van der Waals surface area contributed by atoms with Crippen LogP contribution in [0.15, 0.2) is 59.6 Å². The molecule has 0 radical (unpaired) electrons. The van der Waals surface area contributed by atoms with Gasteiger partial charge in [-0.15, -0.1) is 0 Å². The Morgan fingerprint density at radius 3 is 2.62 bits per heavy atom. The Morgan fingerprint density at radius 1 is 1.12 bits per heavy atom. The van der Waals surface area contributed by atoms with Crippen LogP contribution in [0.25, 0.3) is 10.9 Å². The van der Waals surface area contributed by atoms with E-state index < -0.39 is 28.1 Å². The Labute approximate surface area is 197 Å². The molecule has 3 N–H and O–H groups in total. The first-order valence-corrected chi connectivity index (χ1v) is 12.2. The molecule has 3 aromatic rings. The number of aromatic amines is 1. The maximum atomic E-state index is 13.0. The van der Waals surface area contributed by atoms with Gasteiger partial charge in [-0.25, -0.2) is 8.42 Å². The minimum atomic E-state index is -3.84. The summed E-state index contributed by atoms with van der Waals surface area (Å²) in [6.45, 7) is 0.467. The third-order valence-electron chi connectivity index (χ3n) is 5.61. The van der Waals surface area contributed by atoms with E-state index >= 15 is 0 Å². The number of hydrogen-bond acceptors (Lipinski definition) is 6. The molecule has 1 aromatic heterocycles. The molecule has 11 heteroatoms. The number of rotatable bonds is 8. The molecular formula is C23H26N4O6S. The van der Waals surface area contributed by atoms with E-state index in [9.17, 15) is 18.0 Å². The van der Waals surface area contributed by atoms with Crippen LogP contribution in [0.5, 0.6) is 5.75 Å². The predicted octanol–water partition coefficient (Wildman–Crippen LogP) is 0.999. The number of para-hydroxylation sites is 1. The third kappa shape index (κ3) is 5.06. The van der Waals surface area contributed by atoms with Crippen LogP contribution in [0.2, 0.25) is 0 Å². The summed E-state index contributed by atoms with van der Waals surface area (Å²) in [6.07, 6.45) is 1.53. The van der Waals surface area contributed by atoms with Crippen molar-refractivity contribution < 1.29 is 27.5 Å². The minimum Gasteiger partial charge on any atom is -0.497 e. The zero-order valence-corrected chi connectivity index (χ0v) is 19.4. The lowest BCUT2D eigenvalue weighted by atomic mass is 10.1. The topological polar surface area (TPSA) is 130 Å². The number of hydrogen-bond donors (Lipinski definition) is 3. The number of H-pyrrole nitrogens is 1. The Kier molecular flexibility index (Phi) is 7.15. The standard InChI is InChI=1S/C23H26N4O6S/c1-32-17-6-8-18(9-7-17)34(30,31)27-12-13-33-21(27)15-26-23(29)22(28)24-11-10-16-14-25-20-5-3-2-4-19(16)20/h2-9,14,21,25H,10-13,15H2,1H3,(H,24,28)(H,26,29)/t21-/m1/s1. The van der Waals surface area contributed by atoms with Crippen molar-refractivity contribution in [2.45, 2.75) is 17.5 Å². The normalized spacial score (nSPS) is 16.4. The second-order valence-electron chi connectivity index (χ2n) is 7.69. The van der Waals surface area contributed by atoms with Crippen LogP contribution in [-0.2, 0) is 30.8 Å². The number of benzene rings is 2. The smallest absolute Gasteiger partial charge is 0.309 e. The molecule has 34 heavy (non-hydrogen) atoms. The highest BCUT2D eigenvalue weighted by Gasteiger charge is 2.36. The molecule has 4 rings (SSSR count). The first-order valence-electron chi connectivity index (χ1n) is 10.8. The molecule has 1 saturated heterocycles. The van der Waals surface area contributed by atoms with Gasteiger partial charge in [-0.05, 0) is 42.3 Å². The maximum absolute atomic E-state index is 13.0. The third-order valence-corrected chi connectivity index (χ3v) is 7.51. The van der Waals surface area contributed by atoms with Gasteiger partial charge in [-0.3, -0.25) is 9.59 Å². The molecule has 2 heterocycles. The molecule has 0 aliphatic carbocycles. The van der Waals surface area contributed by atoms with Crippen LogP contribution < -0.4 is 15.4 Å². The molecule has 10 nitrogen and oxygen atoms in total. The Balaban J connectivity index is 1.28. The molecule has 180 valence electrons. The number of methoxy groups -OCH3 is 1. The average molecular weight is 487 g/mol. The van der Waals surface area contributed by atoms with Crippen molar-refractivity contribution in [2.75, 3.05) is 33.4 Å². The van der Waals surface area contributed by atoms with E-state index in [4.69, 9.17) is 9.47 Å². The highest BCUT2D eigenvalue weighted by atomic mass is 32.2. The lowest BCUT2D eigenvalue weighted by Gasteiger charge is -2.23. The van der Waals surface area contributed by atoms with Crippen molar-refractivity contribution in [2.24, 2.45) is 0 Å². The number of sulfonamides is 1. The molecule has 1 aliphatic heterocycles. The fourth-order valence-electron chi connectivity index (χ4n) is 3.81. The number of aromatic nitrogens is 1. The van der Waals surface area contributed by atoms with Crippen molar-refractivity contribution in [3.8, 4) is 5.75 Å². The molecule has 2 aromatic carbocycles. The molecular weight excluding hydrogens is 460 g/mol. The molecule has 2 amide bonds. The highest BCUT2D eigenvalue weighted by molar-refractivity contribution is 7.89. The highest BCUT2D eigenvalue weighted by Crippen LogP contribution is 2.24. The SMILES string of the molecule is COc1ccc(S(=O)(=O)N2CCO[C@@H]2CNC(=O)C(=O)NCCc2c[nH]c3ccccc23)cc1. The molecule has 0 bridgehead atoms. The summed E-state index contributed by atoms with van der Waals surface area (Å²) in [5.41, 5.74) is 2.04. The summed E-state index contributed by atoms with van der Waals surface area (Å²) in [5, 5.41) is 6.12. The van der Waals surface area contributed by atoms with Gasteiger partial charge in [0.05, 0.1) is 25.2 Å². The quantitative estimate of drug-likeness (QED) is 0.408. The summed E-state index contributed by atoms with van der Waals surface area (Å²) < 4.78 is 37.7. The van der Waals surface area contributed by atoms with E-state index in [0.717, 1.165) is 16.5 Å². The van der Waals surface area contributed by atoms with Gasteiger partial charge in [0.15, 0.2) is 0 Å². The van der Waals surface area contributed by atoms with Crippen LogP contribution in [0, 0.1) is 0 Å². The van der Waals surface area contributed by atoms with Crippen molar-refractivity contribution in [3.63, 3.8) is 0 Å². The van der Waals surface area contributed by atoms with Gasteiger partial charge >= 0.3 is 11.8 Å². The number of nitrogens with zero attached hydrogens (tertiary/aromatic N) is 1. The summed E-state index contributed by atoms with van der Waals surface area (Å²) in [6, 6.07) is 13.8. The van der Waals surface area contributed by atoms with Crippen molar-refractivity contribution in [1.82, 2.24) is 19.9 Å². The zero-order valence-electron chi connectivity index (χ0n) is 18.6. The van der Waals surface area contributed by atoms with Crippen LogP contribution in [-0.4, -0.2) is 69.1 Å². The molecule has 0 unspecified atom stereocenters. The Morgan fingerprint density at radius 2 is 1.85 bits per heavy atom. The second kappa shape index (κ2) is 10.2. The maximum Gasteiger partial charge on any atom is 0.309 e. The van der Waals surface area contributed by atoms with Crippen LogP contribution >= 0.6 is 0 Å². The largest absolute Gasteiger partial charge is 0.497 e. The molecule has 1 atom stereocenters. The monoisotopic (exact) mass is 486 g/mol. The summed E-state index contributed by atoms with van der Waals surface area (Å²) in [7, 11) is -2.35. The molecule has 1 fully saturated rings. The van der Waals surface area contributed by atoms with E-state index in [1.165, 1.54) is 23.5 Å². The van der Waals surface area contributed by atoms with Gasteiger partial charge in [0.1, 0.15) is 12.0 Å². The zero-order chi connectivity index (χ0) is 24.1. The average Bonchev–Trinajstić information content (AvgIpc) is 3.50. The van der Waals surface area contributed by atoms with Crippen molar-refractivity contribution in [3.05, 3.63) is 60.3 Å². The first kappa shape index (κ1) is 23.7. The van der Waals surface area contributed by atoms with E-state index in [1.54, 1.807) is 12.1 Å². The summed E-state index contributed by atoms with van der Waals surface area (Å²) in [5.74, 6) is -1.10.